The Labute approximate surface area is 138 Å². The highest BCUT2D eigenvalue weighted by molar-refractivity contribution is 5.74. The normalized spacial score (nSPS) is 10.4. The standard InChI is InChI=1S/C20H24O3/c1-5-6-17-7-9-18(10-8-17)23-20(21)13-22-19-12-14(2)11-15(3)16(19)4/h7-12H,5-6,13H2,1-4H3. The predicted octanol–water partition coefficient (Wildman–Crippen LogP) is 4.55. The van der Waals surface area contributed by atoms with Crippen molar-refractivity contribution in [1.82, 2.24) is 0 Å². The van der Waals surface area contributed by atoms with E-state index in [1.165, 1.54) is 5.56 Å². The number of carbonyl (C=O) groups excluding carboxylic acids is 1. The van der Waals surface area contributed by atoms with E-state index in [0.29, 0.717) is 5.75 Å². The molecule has 0 aliphatic heterocycles. The summed E-state index contributed by atoms with van der Waals surface area (Å²) in [4.78, 5) is 11.9. The molecular formula is C20H24O3. The molecule has 0 saturated heterocycles. The first kappa shape index (κ1) is 17.1. The fourth-order valence-corrected chi connectivity index (χ4v) is 2.46. The lowest BCUT2D eigenvalue weighted by molar-refractivity contribution is -0.136. The largest absolute Gasteiger partial charge is 0.482 e. The van der Waals surface area contributed by atoms with Gasteiger partial charge >= 0.3 is 5.97 Å². The molecule has 23 heavy (non-hydrogen) atoms. The van der Waals surface area contributed by atoms with Gasteiger partial charge in [0.25, 0.3) is 0 Å². The monoisotopic (exact) mass is 312 g/mol. The van der Waals surface area contributed by atoms with E-state index in [0.717, 1.165) is 35.3 Å². The van der Waals surface area contributed by atoms with E-state index < -0.39 is 5.97 Å². The molecule has 122 valence electrons. The van der Waals surface area contributed by atoms with Crippen molar-refractivity contribution in [3.8, 4) is 11.5 Å². The number of esters is 1. The lowest BCUT2D eigenvalue weighted by Gasteiger charge is -2.12. The molecule has 0 atom stereocenters. The van der Waals surface area contributed by atoms with E-state index in [4.69, 9.17) is 9.47 Å². The molecule has 0 aliphatic rings. The van der Waals surface area contributed by atoms with Crippen LogP contribution in [0.1, 0.15) is 35.6 Å². The molecule has 0 unspecified atom stereocenters. The van der Waals surface area contributed by atoms with Gasteiger partial charge in [0, 0.05) is 0 Å². The summed E-state index contributed by atoms with van der Waals surface area (Å²) in [6.07, 6.45) is 2.13. The first-order valence-corrected chi connectivity index (χ1v) is 8.00. The summed E-state index contributed by atoms with van der Waals surface area (Å²) in [6.45, 7) is 8.07. The van der Waals surface area contributed by atoms with E-state index in [1.807, 2.05) is 51.1 Å². The number of ether oxygens (including phenoxy) is 2. The van der Waals surface area contributed by atoms with Crippen molar-refractivity contribution in [2.24, 2.45) is 0 Å². The third-order valence-corrected chi connectivity index (χ3v) is 3.80. The fourth-order valence-electron chi connectivity index (χ4n) is 2.46. The van der Waals surface area contributed by atoms with Crippen LogP contribution in [0.3, 0.4) is 0 Å². The molecular weight excluding hydrogens is 288 g/mol. The van der Waals surface area contributed by atoms with Gasteiger partial charge in [0.15, 0.2) is 6.61 Å². The summed E-state index contributed by atoms with van der Waals surface area (Å²) >= 11 is 0. The Balaban J connectivity index is 1.92. The lowest BCUT2D eigenvalue weighted by atomic mass is 10.1. The van der Waals surface area contributed by atoms with Crippen LogP contribution in [0, 0.1) is 20.8 Å². The Bertz CT molecular complexity index is 672. The highest BCUT2D eigenvalue weighted by Crippen LogP contribution is 2.23. The second kappa shape index (κ2) is 7.82. The third-order valence-electron chi connectivity index (χ3n) is 3.80. The van der Waals surface area contributed by atoms with E-state index in [-0.39, 0.29) is 6.61 Å². The Morgan fingerprint density at radius 1 is 1.04 bits per heavy atom. The van der Waals surface area contributed by atoms with E-state index in [1.54, 1.807) is 0 Å². The third kappa shape index (κ3) is 4.85. The van der Waals surface area contributed by atoms with Gasteiger partial charge in [0.2, 0.25) is 0 Å². The van der Waals surface area contributed by atoms with Crippen molar-refractivity contribution < 1.29 is 14.3 Å². The smallest absolute Gasteiger partial charge is 0.349 e. The van der Waals surface area contributed by atoms with E-state index in [2.05, 4.69) is 13.0 Å². The topological polar surface area (TPSA) is 35.5 Å². The highest BCUT2D eigenvalue weighted by Gasteiger charge is 2.09. The molecule has 0 heterocycles. The maximum Gasteiger partial charge on any atom is 0.349 e. The van der Waals surface area contributed by atoms with Crippen LogP contribution >= 0.6 is 0 Å². The summed E-state index contributed by atoms with van der Waals surface area (Å²) in [5.74, 6) is 0.889. The molecule has 2 aromatic rings. The van der Waals surface area contributed by atoms with Gasteiger partial charge in [-0.2, -0.15) is 0 Å². The minimum Gasteiger partial charge on any atom is -0.482 e. The van der Waals surface area contributed by atoms with Crippen LogP contribution in [0.4, 0.5) is 0 Å². The van der Waals surface area contributed by atoms with Gasteiger partial charge in [-0.15, -0.1) is 0 Å². The molecule has 0 aliphatic carbocycles. The zero-order valence-electron chi connectivity index (χ0n) is 14.3. The average Bonchev–Trinajstić information content (AvgIpc) is 2.51. The van der Waals surface area contributed by atoms with Crippen LogP contribution in [0.25, 0.3) is 0 Å². The van der Waals surface area contributed by atoms with Crippen molar-refractivity contribution >= 4 is 5.97 Å². The van der Waals surface area contributed by atoms with Gasteiger partial charge in [-0.05, 0) is 67.6 Å². The van der Waals surface area contributed by atoms with E-state index >= 15 is 0 Å². The highest BCUT2D eigenvalue weighted by atomic mass is 16.6. The Hall–Kier alpha value is -2.29. The molecule has 0 radical (unpaired) electrons. The number of aryl methyl sites for hydroxylation is 3. The van der Waals surface area contributed by atoms with Crippen LogP contribution in [0.15, 0.2) is 36.4 Å². The van der Waals surface area contributed by atoms with Crippen molar-refractivity contribution in [2.75, 3.05) is 6.61 Å². The molecule has 3 heteroatoms. The molecule has 2 rings (SSSR count). The van der Waals surface area contributed by atoms with Crippen LogP contribution in [0.2, 0.25) is 0 Å². The molecule has 0 saturated carbocycles. The van der Waals surface area contributed by atoms with E-state index in [9.17, 15) is 4.79 Å². The zero-order chi connectivity index (χ0) is 16.8. The van der Waals surface area contributed by atoms with Crippen molar-refractivity contribution in [3.63, 3.8) is 0 Å². The Morgan fingerprint density at radius 2 is 1.74 bits per heavy atom. The van der Waals surface area contributed by atoms with Gasteiger partial charge < -0.3 is 9.47 Å². The number of hydrogen-bond acceptors (Lipinski definition) is 3. The lowest BCUT2D eigenvalue weighted by Crippen LogP contribution is -2.18. The van der Waals surface area contributed by atoms with Crippen LogP contribution in [-0.2, 0) is 11.2 Å². The average molecular weight is 312 g/mol. The van der Waals surface area contributed by atoms with Crippen molar-refractivity contribution in [1.29, 1.82) is 0 Å². The zero-order valence-corrected chi connectivity index (χ0v) is 14.3. The molecule has 0 spiro atoms. The predicted molar refractivity (Wildman–Crippen MR) is 92.2 cm³/mol. The van der Waals surface area contributed by atoms with Crippen LogP contribution in [0.5, 0.6) is 11.5 Å². The molecule has 3 nitrogen and oxygen atoms in total. The van der Waals surface area contributed by atoms with Crippen molar-refractivity contribution in [3.05, 3.63) is 58.7 Å². The minimum atomic E-state index is -0.396. The number of carbonyl (C=O) groups is 1. The van der Waals surface area contributed by atoms with Gasteiger partial charge in [0.05, 0.1) is 0 Å². The molecule has 0 bridgehead atoms. The molecule has 0 N–H and O–H groups in total. The maximum absolute atomic E-state index is 11.9. The summed E-state index contributed by atoms with van der Waals surface area (Å²) in [5.41, 5.74) is 4.56. The molecule has 0 amide bonds. The van der Waals surface area contributed by atoms with Crippen LogP contribution in [-0.4, -0.2) is 12.6 Å². The first-order chi connectivity index (χ1) is 11.0. The van der Waals surface area contributed by atoms with Gasteiger partial charge in [-0.25, -0.2) is 4.79 Å². The van der Waals surface area contributed by atoms with Crippen LogP contribution < -0.4 is 9.47 Å². The summed E-state index contributed by atoms with van der Waals surface area (Å²) in [7, 11) is 0. The molecule has 0 aromatic heterocycles. The minimum absolute atomic E-state index is 0.0968. The maximum atomic E-state index is 11.9. The Morgan fingerprint density at radius 3 is 2.39 bits per heavy atom. The summed E-state index contributed by atoms with van der Waals surface area (Å²) < 4.78 is 10.9. The Kier molecular flexibility index (Phi) is 5.80. The molecule has 2 aromatic carbocycles. The van der Waals surface area contributed by atoms with Gasteiger partial charge in [-0.1, -0.05) is 31.5 Å². The van der Waals surface area contributed by atoms with Crippen molar-refractivity contribution in [2.45, 2.75) is 40.5 Å². The second-order valence-corrected chi connectivity index (χ2v) is 5.86. The summed E-state index contributed by atoms with van der Waals surface area (Å²) in [6, 6.07) is 11.7. The SMILES string of the molecule is CCCc1ccc(OC(=O)COc2cc(C)cc(C)c2C)cc1. The quantitative estimate of drug-likeness (QED) is 0.580. The number of hydrogen-bond donors (Lipinski definition) is 0. The van der Waals surface area contributed by atoms with Gasteiger partial charge in [-0.3, -0.25) is 0 Å². The summed E-state index contributed by atoms with van der Waals surface area (Å²) in [5, 5.41) is 0. The van der Waals surface area contributed by atoms with Gasteiger partial charge in [0.1, 0.15) is 11.5 Å². The second-order valence-electron chi connectivity index (χ2n) is 5.86. The number of benzene rings is 2. The first-order valence-electron chi connectivity index (χ1n) is 8.00. The molecule has 0 fully saturated rings. The fraction of sp³-hybridized carbons (Fsp3) is 0.350. The number of rotatable bonds is 6.